The molecular formula is C18H23N3O5S. The maximum Gasteiger partial charge on any atom is 0.256 e. The van der Waals surface area contributed by atoms with Crippen LogP contribution < -0.4 is 25.2 Å². The van der Waals surface area contributed by atoms with Crippen molar-refractivity contribution in [1.29, 1.82) is 0 Å². The quantitative estimate of drug-likeness (QED) is 0.625. The van der Waals surface area contributed by atoms with E-state index < -0.39 is 15.9 Å². The van der Waals surface area contributed by atoms with Crippen LogP contribution in [0.4, 0.5) is 5.69 Å². The average molecular weight is 393 g/mol. The van der Waals surface area contributed by atoms with Crippen LogP contribution in [0, 0.1) is 6.92 Å². The van der Waals surface area contributed by atoms with Crippen molar-refractivity contribution in [1.82, 2.24) is 4.72 Å². The molecule has 9 heteroatoms. The lowest BCUT2D eigenvalue weighted by molar-refractivity contribution is 0.102. The third kappa shape index (κ3) is 4.97. The lowest BCUT2D eigenvalue weighted by Crippen LogP contribution is -2.29. The number of amides is 1. The topological polar surface area (TPSA) is 120 Å². The van der Waals surface area contributed by atoms with Crippen molar-refractivity contribution in [2.45, 2.75) is 11.8 Å². The summed E-state index contributed by atoms with van der Waals surface area (Å²) in [5.41, 5.74) is 6.76. The maximum atomic E-state index is 12.6. The number of benzene rings is 2. The van der Waals surface area contributed by atoms with Crippen molar-refractivity contribution >= 4 is 21.6 Å². The molecule has 27 heavy (non-hydrogen) atoms. The fourth-order valence-electron chi connectivity index (χ4n) is 2.44. The van der Waals surface area contributed by atoms with Gasteiger partial charge in [0.2, 0.25) is 10.0 Å². The summed E-state index contributed by atoms with van der Waals surface area (Å²) in [6.07, 6.45) is 0. The molecule has 2 rings (SSSR count). The summed E-state index contributed by atoms with van der Waals surface area (Å²) < 4.78 is 37.2. The van der Waals surface area contributed by atoms with Crippen molar-refractivity contribution < 1.29 is 22.7 Å². The Morgan fingerprint density at radius 2 is 1.78 bits per heavy atom. The Kier molecular flexibility index (Phi) is 6.78. The van der Waals surface area contributed by atoms with Crippen LogP contribution in [0.1, 0.15) is 15.9 Å². The van der Waals surface area contributed by atoms with Gasteiger partial charge in [-0.3, -0.25) is 4.79 Å². The minimum absolute atomic E-state index is 0.0396. The first-order valence-electron chi connectivity index (χ1n) is 8.16. The van der Waals surface area contributed by atoms with Crippen molar-refractivity contribution in [3.63, 3.8) is 0 Å². The third-order valence-electron chi connectivity index (χ3n) is 3.81. The molecule has 0 aliphatic rings. The molecular weight excluding hydrogens is 370 g/mol. The molecule has 0 aromatic heterocycles. The van der Waals surface area contributed by atoms with E-state index in [1.54, 1.807) is 31.2 Å². The fraction of sp³-hybridized carbons (Fsp3) is 0.278. The Balaban J connectivity index is 2.28. The molecule has 0 aliphatic heterocycles. The molecule has 0 spiro atoms. The average Bonchev–Trinajstić information content (AvgIpc) is 2.66. The SMILES string of the molecule is COc1cc(C)c(C(=O)Nc2cccc(S(=O)(=O)NCCN)c2)cc1OC. The summed E-state index contributed by atoms with van der Waals surface area (Å²) in [6.45, 7) is 2.09. The number of ether oxygens (including phenoxy) is 2. The highest BCUT2D eigenvalue weighted by Crippen LogP contribution is 2.30. The van der Waals surface area contributed by atoms with Gasteiger partial charge in [0.1, 0.15) is 0 Å². The Morgan fingerprint density at radius 3 is 2.41 bits per heavy atom. The molecule has 0 atom stereocenters. The summed E-state index contributed by atoms with van der Waals surface area (Å²) in [5, 5.41) is 2.70. The number of nitrogens with one attached hydrogen (secondary N) is 2. The number of anilines is 1. The predicted molar refractivity (Wildman–Crippen MR) is 103 cm³/mol. The van der Waals surface area contributed by atoms with E-state index in [4.69, 9.17) is 15.2 Å². The zero-order valence-electron chi connectivity index (χ0n) is 15.4. The minimum atomic E-state index is -3.69. The van der Waals surface area contributed by atoms with Crippen molar-refractivity contribution in [2.24, 2.45) is 5.73 Å². The highest BCUT2D eigenvalue weighted by Gasteiger charge is 2.17. The van der Waals surface area contributed by atoms with E-state index in [9.17, 15) is 13.2 Å². The first-order chi connectivity index (χ1) is 12.8. The lowest BCUT2D eigenvalue weighted by atomic mass is 10.1. The molecule has 0 fully saturated rings. The molecule has 0 saturated carbocycles. The minimum Gasteiger partial charge on any atom is -0.493 e. The van der Waals surface area contributed by atoms with Gasteiger partial charge in [-0.25, -0.2) is 13.1 Å². The van der Waals surface area contributed by atoms with E-state index >= 15 is 0 Å². The molecule has 0 unspecified atom stereocenters. The number of nitrogens with two attached hydrogens (primary N) is 1. The maximum absolute atomic E-state index is 12.6. The predicted octanol–water partition coefficient (Wildman–Crippen LogP) is 1.50. The van der Waals surface area contributed by atoms with Crippen LogP contribution in [-0.2, 0) is 10.0 Å². The third-order valence-corrected chi connectivity index (χ3v) is 5.27. The smallest absolute Gasteiger partial charge is 0.256 e. The molecule has 2 aromatic carbocycles. The van der Waals surface area contributed by atoms with Crippen molar-refractivity contribution in [3.05, 3.63) is 47.5 Å². The van der Waals surface area contributed by atoms with Crippen molar-refractivity contribution in [3.8, 4) is 11.5 Å². The number of methoxy groups -OCH3 is 2. The van der Waals surface area contributed by atoms with Gasteiger partial charge in [0.25, 0.3) is 5.91 Å². The van der Waals surface area contributed by atoms with Gasteiger partial charge in [-0.2, -0.15) is 0 Å². The summed E-state index contributed by atoms with van der Waals surface area (Å²) in [6, 6.07) is 9.26. The molecule has 2 aromatic rings. The van der Waals surface area contributed by atoms with E-state index in [1.807, 2.05) is 0 Å². The number of hydrogen-bond donors (Lipinski definition) is 3. The van der Waals surface area contributed by atoms with Crippen LogP contribution in [0.2, 0.25) is 0 Å². The van der Waals surface area contributed by atoms with Crippen LogP contribution in [0.5, 0.6) is 11.5 Å². The van der Waals surface area contributed by atoms with E-state index in [0.29, 0.717) is 28.3 Å². The lowest BCUT2D eigenvalue weighted by Gasteiger charge is -2.13. The molecule has 146 valence electrons. The van der Waals surface area contributed by atoms with Gasteiger partial charge in [-0.1, -0.05) is 6.07 Å². The number of carbonyl (C=O) groups excluding carboxylic acids is 1. The van der Waals surface area contributed by atoms with E-state index in [-0.39, 0.29) is 18.0 Å². The van der Waals surface area contributed by atoms with Gasteiger partial charge in [-0.05, 0) is 42.8 Å². The zero-order chi connectivity index (χ0) is 20.0. The second-order valence-corrected chi connectivity index (χ2v) is 7.46. The Bertz CT molecular complexity index is 929. The number of rotatable bonds is 8. The monoisotopic (exact) mass is 393 g/mol. The Labute approximate surface area is 158 Å². The largest absolute Gasteiger partial charge is 0.493 e. The summed E-state index contributed by atoms with van der Waals surface area (Å²) in [5.74, 6) is 0.555. The molecule has 0 aliphatic carbocycles. The van der Waals surface area contributed by atoms with Gasteiger partial charge < -0.3 is 20.5 Å². The van der Waals surface area contributed by atoms with Gasteiger partial charge in [0.05, 0.1) is 19.1 Å². The molecule has 4 N–H and O–H groups in total. The van der Waals surface area contributed by atoms with Crippen LogP contribution in [0.3, 0.4) is 0 Å². The summed E-state index contributed by atoms with van der Waals surface area (Å²) in [4.78, 5) is 12.7. The molecule has 0 radical (unpaired) electrons. The zero-order valence-corrected chi connectivity index (χ0v) is 16.2. The van der Waals surface area contributed by atoms with Crippen molar-refractivity contribution in [2.75, 3.05) is 32.6 Å². The molecule has 0 heterocycles. The first-order valence-corrected chi connectivity index (χ1v) is 9.64. The van der Waals surface area contributed by atoms with Crippen LogP contribution in [0.25, 0.3) is 0 Å². The van der Waals surface area contributed by atoms with Crippen LogP contribution >= 0.6 is 0 Å². The van der Waals surface area contributed by atoms with E-state index in [2.05, 4.69) is 10.0 Å². The number of sulfonamides is 1. The first kappa shape index (κ1) is 20.7. The Morgan fingerprint density at radius 1 is 1.11 bits per heavy atom. The fourth-order valence-corrected chi connectivity index (χ4v) is 3.53. The summed E-state index contributed by atoms with van der Waals surface area (Å²) >= 11 is 0. The highest BCUT2D eigenvalue weighted by molar-refractivity contribution is 7.89. The van der Waals surface area contributed by atoms with E-state index in [1.165, 1.54) is 26.4 Å². The molecule has 0 saturated heterocycles. The Hall–Kier alpha value is -2.62. The second kappa shape index (κ2) is 8.85. The highest BCUT2D eigenvalue weighted by atomic mass is 32.2. The van der Waals surface area contributed by atoms with Crippen LogP contribution in [0.15, 0.2) is 41.3 Å². The normalized spacial score (nSPS) is 11.1. The number of carbonyl (C=O) groups is 1. The van der Waals surface area contributed by atoms with Crippen LogP contribution in [-0.4, -0.2) is 41.6 Å². The van der Waals surface area contributed by atoms with Gasteiger partial charge in [0, 0.05) is 24.3 Å². The number of aryl methyl sites for hydroxylation is 1. The summed E-state index contributed by atoms with van der Waals surface area (Å²) in [7, 11) is -0.692. The molecule has 8 nitrogen and oxygen atoms in total. The molecule has 0 bridgehead atoms. The number of hydrogen-bond acceptors (Lipinski definition) is 6. The van der Waals surface area contributed by atoms with Gasteiger partial charge >= 0.3 is 0 Å². The van der Waals surface area contributed by atoms with Gasteiger partial charge in [0.15, 0.2) is 11.5 Å². The van der Waals surface area contributed by atoms with Gasteiger partial charge in [-0.15, -0.1) is 0 Å². The standard InChI is InChI=1S/C18H23N3O5S/c1-12-9-16(25-2)17(26-3)11-15(12)18(22)21-13-5-4-6-14(10-13)27(23,24)20-8-7-19/h4-6,9-11,20H,7-8,19H2,1-3H3,(H,21,22). The van der Waals surface area contributed by atoms with E-state index in [0.717, 1.165) is 0 Å². The molecule has 1 amide bonds. The second-order valence-electron chi connectivity index (χ2n) is 5.69.